The zero-order chi connectivity index (χ0) is 35.6. The van der Waals surface area contributed by atoms with Crippen molar-refractivity contribution in [3.05, 3.63) is 125 Å². The highest BCUT2D eigenvalue weighted by molar-refractivity contribution is 8.01. The summed E-state index contributed by atoms with van der Waals surface area (Å²) in [5.41, 5.74) is 5.92. The summed E-state index contributed by atoms with van der Waals surface area (Å²) in [6.07, 6.45) is 6.79. The molecule has 2 N–H and O–H groups in total. The Kier molecular flexibility index (Phi) is 10.5. The molecule has 1 saturated carbocycles. The quantitative estimate of drug-likeness (QED) is 0.0945. The fraction of sp³-hybridized carbons (Fsp3) is 0.364. The van der Waals surface area contributed by atoms with Gasteiger partial charge in [-0.15, -0.1) is 11.3 Å². The third kappa shape index (κ3) is 7.32. The minimum Gasteiger partial charge on any atom is -0.494 e. The molecule has 0 amide bonds. The molecule has 4 aromatic carbocycles. The lowest BCUT2D eigenvalue weighted by molar-refractivity contribution is -0.0422. The summed E-state index contributed by atoms with van der Waals surface area (Å²) >= 11 is 3.28. The number of fused-ring (bicyclic) bond motifs is 9. The fourth-order valence-corrected chi connectivity index (χ4v) is 10.7. The van der Waals surface area contributed by atoms with Crippen molar-refractivity contribution in [1.82, 2.24) is 4.98 Å². The lowest BCUT2D eigenvalue weighted by atomic mass is 9.65. The number of carbonyl (C=O) groups is 1. The highest BCUT2D eigenvalue weighted by Gasteiger charge is 2.56. The van der Waals surface area contributed by atoms with Crippen LogP contribution in [-0.4, -0.2) is 45.0 Å². The van der Waals surface area contributed by atoms with E-state index in [0.717, 1.165) is 68.2 Å². The summed E-state index contributed by atoms with van der Waals surface area (Å²) in [7, 11) is 0. The SMILES string of the molecule is CCOc1ccc2nc(SCC3(O)CCC4c5ccc(cc5C(=O)c5ccccc5-c5ccccc5)CC(O)CCC(C)=CCCC43C)sc2c1. The van der Waals surface area contributed by atoms with Crippen LogP contribution in [0.15, 0.2) is 107 Å². The molecule has 4 unspecified atom stereocenters. The van der Waals surface area contributed by atoms with Gasteiger partial charge >= 0.3 is 0 Å². The third-order valence-corrected chi connectivity index (χ3v) is 13.6. The maximum atomic E-state index is 14.9. The zero-order valence-corrected chi connectivity index (χ0v) is 31.4. The molecule has 5 aromatic rings. The van der Waals surface area contributed by atoms with Crippen molar-refractivity contribution in [1.29, 1.82) is 0 Å². The maximum absolute atomic E-state index is 14.9. The van der Waals surface area contributed by atoms with E-state index >= 15 is 0 Å². The first kappa shape index (κ1) is 35.6. The van der Waals surface area contributed by atoms with Gasteiger partial charge in [0.05, 0.1) is 28.5 Å². The molecule has 7 heteroatoms. The minimum atomic E-state index is -0.980. The molecule has 2 bridgehead atoms. The molecule has 5 nitrogen and oxygen atoms in total. The Labute approximate surface area is 309 Å². The van der Waals surface area contributed by atoms with Crippen LogP contribution in [0.4, 0.5) is 0 Å². The molecule has 264 valence electrons. The lowest BCUT2D eigenvalue weighted by Crippen LogP contribution is -2.46. The van der Waals surface area contributed by atoms with Gasteiger partial charge in [0, 0.05) is 22.3 Å². The summed E-state index contributed by atoms with van der Waals surface area (Å²) < 4.78 is 7.74. The second-order valence-electron chi connectivity index (χ2n) is 14.5. The Morgan fingerprint density at radius 1 is 0.980 bits per heavy atom. The first-order chi connectivity index (χ1) is 24.7. The highest BCUT2D eigenvalue weighted by Crippen LogP contribution is 2.60. The van der Waals surface area contributed by atoms with Gasteiger partial charge in [0.15, 0.2) is 10.1 Å². The molecule has 1 aromatic heterocycles. The van der Waals surface area contributed by atoms with Crippen LogP contribution in [0.3, 0.4) is 0 Å². The van der Waals surface area contributed by atoms with E-state index in [2.05, 4.69) is 32.1 Å². The number of ether oxygens (including phenoxy) is 1. The van der Waals surface area contributed by atoms with E-state index in [1.807, 2.05) is 85.8 Å². The van der Waals surface area contributed by atoms with Gasteiger partial charge < -0.3 is 14.9 Å². The Hall–Kier alpha value is -3.75. The summed E-state index contributed by atoms with van der Waals surface area (Å²) in [5, 5.41) is 23.8. The predicted octanol–water partition coefficient (Wildman–Crippen LogP) is 10.4. The van der Waals surface area contributed by atoms with Gasteiger partial charge in [0.1, 0.15) is 5.75 Å². The largest absolute Gasteiger partial charge is 0.494 e. The third-order valence-electron chi connectivity index (χ3n) is 11.3. The van der Waals surface area contributed by atoms with Gasteiger partial charge in [-0.25, -0.2) is 4.98 Å². The minimum absolute atomic E-state index is 0.0170. The van der Waals surface area contributed by atoms with Crippen LogP contribution >= 0.6 is 23.1 Å². The standard InChI is InChI=1S/C44H47NO4S2/c1-4-49-33-19-21-39-40(27-33)51-42(45-39)50-28-44(48)24-22-38-35-20-17-30(25-32(46)18-16-29(2)11-10-23-43(38,44)3)26-37(35)41(47)36-15-9-8-14-34(36)31-12-6-5-7-13-31/h5-9,11-15,17,19-21,26-27,32,38,46,48H,4,10,16,18,22-25,28H2,1-3H3. The van der Waals surface area contributed by atoms with Gasteiger partial charge in [-0.3, -0.25) is 4.79 Å². The number of aliphatic hydroxyl groups is 2. The number of thioether (sulfide) groups is 1. The summed E-state index contributed by atoms with van der Waals surface area (Å²) in [5.74, 6) is 1.31. The maximum Gasteiger partial charge on any atom is 0.193 e. The number of rotatable bonds is 8. The van der Waals surface area contributed by atoms with Crippen LogP contribution in [0, 0.1) is 5.41 Å². The van der Waals surface area contributed by atoms with Crippen molar-refractivity contribution < 1.29 is 19.7 Å². The summed E-state index contributed by atoms with van der Waals surface area (Å²) in [4.78, 5) is 19.8. The van der Waals surface area contributed by atoms with Gasteiger partial charge in [-0.05, 0) is 111 Å². The first-order valence-corrected chi connectivity index (χ1v) is 20.0. The van der Waals surface area contributed by atoms with Crippen molar-refractivity contribution in [2.45, 2.75) is 87.7 Å². The Bertz CT molecular complexity index is 2060. The van der Waals surface area contributed by atoms with Gasteiger partial charge in [0.25, 0.3) is 0 Å². The molecule has 0 spiro atoms. The fourth-order valence-electron chi connectivity index (χ4n) is 8.25. The van der Waals surface area contributed by atoms with Crippen LogP contribution < -0.4 is 4.74 Å². The van der Waals surface area contributed by atoms with Crippen LogP contribution in [0.5, 0.6) is 5.75 Å². The smallest absolute Gasteiger partial charge is 0.193 e. The van der Waals surface area contributed by atoms with Gasteiger partial charge in [-0.2, -0.15) is 0 Å². The molecule has 51 heavy (non-hydrogen) atoms. The van der Waals surface area contributed by atoms with Gasteiger partial charge in [0.2, 0.25) is 0 Å². The number of aliphatic hydroxyl groups excluding tert-OH is 1. The molecular formula is C44H47NO4S2. The number of allylic oxidation sites excluding steroid dienone is 2. The van der Waals surface area contributed by atoms with Crippen molar-refractivity contribution in [2.24, 2.45) is 5.41 Å². The molecule has 8 rings (SSSR count). The zero-order valence-electron chi connectivity index (χ0n) is 29.7. The number of benzene rings is 4. The van der Waals surface area contributed by atoms with Crippen molar-refractivity contribution >= 4 is 39.1 Å². The lowest BCUT2D eigenvalue weighted by Gasteiger charge is -2.44. The predicted molar refractivity (Wildman–Crippen MR) is 210 cm³/mol. The molecule has 1 heterocycles. The monoisotopic (exact) mass is 717 g/mol. The Morgan fingerprint density at radius 3 is 2.61 bits per heavy atom. The molecule has 0 aliphatic heterocycles. The normalized spacial score (nSPS) is 23.8. The van der Waals surface area contributed by atoms with Crippen LogP contribution in [-0.2, 0) is 6.42 Å². The van der Waals surface area contributed by atoms with Crippen LogP contribution in [0.25, 0.3) is 21.3 Å². The van der Waals surface area contributed by atoms with Crippen molar-refractivity contribution in [3.8, 4) is 16.9 Å². The molecule has 0 saturated heterocycles. The van der Waals surface area contributed by atoms with E-state index < -0.39 is 17.1 Å². The van der Waals surface area contributed by atoms with E-state index in [1.165, 1.54) is 5.57 Å². The topological polar surface area (TPSA) is 79.7 Å². The molecular weight excluding hydrogens is 671 g/mol. The molecule has 3 aliphatic carbocycles. The highest BCUT2D eigenvalue weighted by atomic mass is 32.2. The number of thiazole rings is 1. The van der Waals surface area contributed by atoms with Crippen LogP contribution in [0.1, 0.15) is 92.3 Å². The molecule has 0 radical (unpaired) electrons. The average molecular weight is 718 g/mol. The second kappa shape index (κ2) is 15.1. The van der Waals surface area contributed by atoms with Crippen molar-refractivity contribution in [3.63, 3.8) is 0 Å². The summed E-state index contributed by atoms with van der Waals surface area (Å²) in [6.45, 7) is 6.99. The van der Waals surface area contributed by atoms with E-state index in [0.29, 0.717) is 42.7 Å². The van der Waals surface area contributed by atoms with Gasteiger partial charge in [-0.1, -0.05) is 97.1 Å². The Balaban J connectivity index is 1.28. The second-order valence-corrected chi connectivity index (χ2v) is 16.8. The molecule has 4 atom stereocenters. The Morgan fingerprint density at radius 2 is 1.78 bits per heavy atom. The average Bonchev–Trinajstić information content (AvgIpc) is 3.67. The van der Waals surface area contributed by atoms with E-state index in [4.69, 9.17) is 9.72 Å². The number of nitrogens with zero attached hydrogens (tertiary/aromatic N) is 1. The number of carbonyl (C=O) groups excluding carboxylic acids is 1. The summed E-state index contributed by atoms with van der Waals surface area (Å²) in [6, 6.07) is 30.2. The number of aromatic nitrogens is 1. The first-order valence-electron chi connectivity index (χ1n) is 18.2. The van der Waals surface area contributed by atoms with E-state index in [-0.39, 0.29) is 11.7 Å². The van der Waals surface area contributed by atoms with Crippen molar-refractivity contribution in [2.75, 3.05) is 12.4 Å². The molecule has 3 aliphatic rings. The number of hydrogen-bond donors (Lipinski definition) is 2. The van der Waals surface area contributed by atoms with E-state index in [1.54, 1.807) is 23.1 Å². The van der Waals surface area contributed by atoms with Crippen LogP contribution in [0.2, 0.25) is 0 Å². The molecule has 1 fully saturated rings. The number of ketones is 1. The number of hydrogen-bond acceptors (Lipinski definition) is 7. The van der Waals surface area contributed by atoms with E-state index in [9.17, 15) is 15.0 Å².